The summed E-state index contributed by atoms with van der Waals surface area (Å²) < 4.78 is 25.1. The number of sulfonamides is 1. The molecule has 0 unspecified atom stereocenters. The van der Waals surface area contributed by atoms with Crippen molar-refractivity contribution in [3.63, 3.8) is 0 Å². The van der Waals surface area contributed by atoms with Crippen LogP contribution in [0.5, 0.6) is 0 Å². The van der Waals surface area contributed by atoms with Crippen LogP contribution in [-0.2, 0) is 10.0 Å². The Balaban J connectivity index is 3.20. The highest BCUT2D eigenvalue weighted by Crippen LogP contribution is 2.25. The molecule has 0 aliphatic rings. The maximum Gasteiger partial charge on any atom is 0.339 e. The Hall–Kier alpha value is -1.53. The third-order valence-electron chi connectivity index (χ3n) is 1.83. The first-order valence-electron chi connectivity index (χ1n) is 4.50. The van der Waals surface area contributed by atoms with Gasteiger partial charge in [0.1, 0.15) is 5.56 Å². The normalized spacial score (nSPS) is 10.9. The topological polar surface area (TPSA) is 83.5 Å². The first-order valence-corrected chi connectivity index (χ1v) is 6.53. The van der Waals surface area contributed by atoms with Crippen LogP contribution in [-0.4, -0.2) is 25.2 Å². The van der Waals surface area contributed by atoms with Gasteiger partial charge in [0, 0.05) is 0 Å². The summed E-state index contributed by atoms with van der Waals surface area (Å²) in [6, 6.07) is 4.16. The molecule has 0 bridgehead atoms. The molecule has 0 aliphatic carbocycles. The Labute approximate surface area is 104 Å². The van der Waals surface area contributed by atoms with E-state index in [1.54, 1.807) is 0 Å². The third kappa shape index (κ3) is 3.47. The number of halogens is 1. The molecule has 1 aromatic carbocycles. The number of carboxylic acids is 1. The van der Waals surface area contributed by atoms with E-state index in [9.17, 15) is 13.2 Å². The summed E-state index contributed by atoms with van der Waals surface area (Å²) in [5, 5.41) is 8.90. The van der Waals surface area contributed by atoms with E-state index in [1.807, 2.05) is 0 Å². The highest BCUT2D eigenvalue weighted by atomic mass is 35.5. The van der Waals surface area contributed by atoms with Crippen molar-refractivity contribution in [3.05, 3.63) is 41.4 Å². The van der Waals surface area contributed by atoms with E-state index in [0.717, 1.165) is 0 Å². The number of hydrogen-bond acceptors (Lipinski definition) is 3. The quantitative estimate of drug-likeness (QED) is 0.805. The van der Waals surface area contributed by atoms with Gasteiger partial charge in [-0.3, -0.25) is 4.72 Å². The lowest BCUT2D eigenvalue weighted by molar-refractivity contribution is 0.0698. The van der Waals surface area contributed by atoms with Gasteiger partial charge in [-0.1, -0.05) is 23.7 Å². The number of benzene rings is 1. The zero-order valence-corrected chi connectivity index (χ0v) is 10.3. The van der Waals surface area contributed by atoms with Gasteiger partial charge < -0.3 is 5.11 Å². The Kier molecular flexibility index (Phi) is 4.14. The molecule has 0 aromatic heterocycles. The van der Waals surface area contributed by atoms with Crippen LogP contribution in [0.25, 0.3) is 0 Å². The average Bonchev–Trinajstić information content (AvgIpc) is 2.15. The van der Waals surface area contributed by atoms with Crippen molar-refractivity contribution in [2.75, 3.05) is 10.5 Å². The number of carboxylic acid groups (broad SMARTS) is 1. The molecular formula is C10H10ClNO4S. The van der Waals surface area contributed by atoms with E-state index in [-0.39, 0.29) is 22.0 Å². The molecule has 0 saturated heterocycles. The van der Waals surface area contributed by atoms with Crippen molar-refractivity contribution in [2.24, 2.45) is 0 Å². The van der Waals surface area contributed by atoms with Gasteiger partial charge in [0.2, 0.25) is 10.0 Å². The zero-order valence-electron chi connectivity index (χ0n) is 8.68. The summed E-state index contributed by atoms with van der Waals surface area (Å²) in [5.74, 6) is -1.61. The second-order valence-corrected chi connectivity index (χ2v) is 5.31. The van der Waals surface area contributed by atoms with E-state index >= 15 is 0 Å². The van der Waals surface area contributed by atoms with E-state index in [4.69, 9.17) is 16.7 Å². The molecule has 92 valence electrons. The minimum absolute atomic E-state index is 0.0312. The molecule has 0 saturated carbocycles. The van der Waals surface area contributed by atoms with Crippen LogP contribution >= 0.6 is 11.6 Å². The lowest BCUT2D eigenvalue weighted by atomic mass is 10.2. The van der Waals surface area contributed by atoms with Gasteiger partial charge in [-0.05, 0) is 12.1 Å². The van der Waals surface area contributed by atoms with Crippen LogP contribution in [0.2, 0.25) is 5.02 Å². The SMILES string of the molecule is C=CCS(=O)(=O)Nc1cccc(Cl)c1C(=O)O. The van der Waals surface area contributed by atoms with E-state index < -0.39 is 16.0 Å². The largest absolute Gasteiger partial charge is 0.478 e. The molecule has 1 aromatic rings. The fourth-order valence-corrected chi connectivity index (χ4v) is 2.35. The second kappa shape index (κ2) is 5.20. The predicted molar refractivity (Wildman–Crippen MR) is 66.0 cm³/mol. The number of carbonyl (C=O) groups is 1. The van der Waals surface area contributed by atoms with Crippen molar-refractivity contribution >= 4 is 33.3 Å². The number of nitrogens with one attached hydrogen (secondary N) is 1. The van der Waals surface area contributed by atoms with Gasteiger partial charge in [-0.15, -0.1) is 6.58 Å². The van der Waals surface area contributed by atoms with Crippen molar-refractivity contribution < 1.29 is 18.3 Å². The van der Waals surface area contributed by atoms with Crippen molar-refractivity contribution in [2.45, 2.75) is 0 Å². The second-order valence-electron chi connectivity index (χ2n) is 3.14. The van der Waals surface area contributed by atoms with Crippen LogP contribution in [0, 0.1) is 0 Å². The Morgan fingerprint density at radius 3 is 2.71 bits per heavy atom. The Bertz CT molecular complexity index is 553. The summed E-state index contributed by atoms with van der Waals surface area (Å²) in [7, 11) is -3.65. The lowest BCUT2D eigenvalue weighted by Crippen LogP contribution is -2.17. The van der Waals surface area contributed by atoms with Crippen LogP contribution in [0.1, 0.15) is 10.4 Å². The van der Waals surface area contributed by atoms with Crippen molar-refractivity contribution in [1.29, 1.82) is 0 Å². The number of aromatic carboxylic acids is 1. The molecule has 2 N–H and O–H groups in total. The smallest absolute Gasteiger partial charge is 0.339 e. The Morgan fingerprint density at radius 2 is 2.18 bits per heavy atom. The van der Waals surface area contributed by atoms with Gasteiger partial charge >= 0.3 is 5.97 Å². The molecule has 0 aliphatic heterocycles. The van der Waals surface area contributed by atoms with E-state index in [2.05, 4.69) is 11.3 Å². The van der Waals surface area contributed by atoms with Crippen molar-refractivity contribution in [1.82, 2.24) is 0 Å². The fraction of sp³-hybridized carbons (Fsp3) is 0.100. The lowest BCUT2D eigenvalue weighted by Gasteiger charge is -2.10. The fourth-order valence-electron chi connectivity index (χ4n) is 1.19. The summed E-state index contributed by atoms with van der Waals surface area (Å²) >= 11 is 5.69. The highest BCUT2D eigenvalue weighted by Gasteiger charge is 2.17. The monoisotopic (exact) mass is 275 g/mol. The van der Waals surface area contributed by atoms with Crippen molar-refractivity contribution in [3.8, 4) is 0 Å². The summed E-state index contributed by atoms with van der Waals surface area (Å²) in [6.07, 6.45) is 1.20. The standard InChI is InChI=1S/C10H10ClNO4S/c1-2-6-17(15,16)12-8-5-3-4-7(11)9(8)10(13)14/h2-5,12H,1,6H2,(H,13,14). The molecule has 0 spiro atoms. The van der Waals surface area contributed by atoms with Crippen LogP contribution in [0.3, 0.4) is 0 Å². The van der Waals surface area contributed by atoms with E-state index in [0.29, 0.717) is 0 Å². The van der Waals surface area contributed by atoms with Gasteiger partial charge in [-0.2, -0.15) is 0 Å². The first-order chi connectivity index (χ1) is 7.87. The van der Waals surface area contributed by atoms with Gasteiger partial charge in [0.25, 0.3) is 0 Å². The zero-order chi connectivity index (χ0) is 13.1. The summed E-state index contributed by atoms with van der Waals surface area (Å²) in [4.78, 5) is 10.9. The first kappa shape index (κ1) is 13.5. The molecule has 17 heavy (non-hydrogen) atoms. The van der Waals surface area contributed by atoms with Gasteiger partial charge in [0.15, 0.2) is 0 Å². The maximum atomic E-state index is 11.5. The minimum atomic E-state index is -3.65. The van der Waals surface area contributed by atoms with Crippen LogP contribution in [0.4, 0.5) is 5.69 Å². The number of anilines is 1. The van der Waals surface area contributed by atoms with Gasteiger partial charge in [-0.25, -0.2) is 13.2 Å². The summed E-state index contributed by atoms with van der Waals surface area (Å²) in [6.45, 7) is 3.30. The number of rotatable bonds is 5. The maximum absolute atomic E-state index is 11.5. The van der Waals surface area contributed by atoms with Gasteiger partial charge in [0.05, 0.1) is 16.5 Å². The molecule has 5 nitrogen and oxygen atoms in total. The molecule has 0 atom stereocenters. The van der Waals surface area contributed by atoms with Crippen LogP contribution < -0.4 is 4.72 Å². The Morgan fingerprint density at radius 1 is 1.53 bits per heavy atom. The molecule has 1 rings (SSSR count). The predicted octanol–water partition coefficient (Wildman–Crippen LogP) is 1.97. The number of hydrogen-bond donors (Lipinski definition) is 2. The summed E-state index contributed by atoms with van der Waals surface area (Å²) in [5.41, 5.74) is -0.339. The average molecular weight is 276 g/mol. The molecule has 0 amide bonds. The van der Waals surface area contributed by atoms with E-state index in [1.165, 1.54) is 24.3 Å². The molecular weight excluding hydrogens is 266 g/mol. The minimum Gasteiger partial charge on any atom is -0.478 e. The molecule has 0 fully saturated rings. The molecule has 0 radical (unpaired) electrons. The highest BCUT2D eigenvalue weighted by molar-refractivity contribution is 7.92. The molecule has 7 heteroatoms. The third-order valence-corrected chi connectivity index (χ3v) is 3.35. The van der Waals surface area contributed by atoms with Crippen LogP contribution in [0.15, 0.2) is 30.9 Å². The molecule has 0 heterocycles.